The maximum Gasteiger partial charge on any atom is 0.185 e. The molecule has 0 spiro atoms. The monoisotopic (exact) mass is 362 g/mol. The zero-order valence-corrected chi connectivity index (χ0v) is 14.5. The molecule has 1 aromatic carbocycles. The third-order valence-electron chi connectivity index (χ3n) is 3.42. The van der Waals surface area contributed by atoms with E-state index in [1.54, 1.807) is 18.2 Å². The van der Waals surface area contributed by atoms with Gasteiger partial charge in [0.1, 0.15) is 11.5 Å². The number of nitrogens with zero attached hydrogens (tertiary/aromatic N) is 1. The summed E-state index contributed by atoms with van der Waals surface area (Å²) in [7, 11) is 0. The van der Waals surface area contributed by atoms with Crippen LogP contribution in [0.2, 0.25) is 4.34 Å². The Labute approximate surface area is 148 Å². The van der Waals surface area contributed by atoms with E-state index in [4.69, 9.17) is 16.1 Å². The molecule has 2 aromatic heterocycles. The lowest BCUT2D eigenvalue weighted by molar-refractivity contribution is 0.0963. The molecule has 2 heterocycles. The first-order valence-corrected chi connectivity index (χ1v) is 8.52. The Bertz CT molecular complexity index is 885. The molecular weight excluding hydrogens is 349 g/mol. The van der Waals surface area contributed by atoms with Gasteiger partial charge < -0.3 is 4.52 Å². The van der Waals surface area contributed by atoms with Crippen molar-refractivity contribution in [2.45, 2.75) is 13.3 Å². The first-order valence-electron chi connectivity index (χ1n) is 7.32. The molecule has 1 radical (unpaired) electrons. The SMILES string of the molecule is [CH2]C(C)CC(=O)c1cc(-c2ccc(F)cc2-c2ccc(Cl)s2)on1. The van der Waals surface area contributed by atoms with Crippen molar-refractivity contribution in [3.8, 4) is 21.8 Å². The molecule has 3 aromatic rings. The number of benzene rings is 1. The molecule has 0 saturated heterocycles. The Morgan fingerprint density at radius 2 is 2.12 bits per heavy atom. The van der Waals surface area contributed by atoms with Gasteiger partial charge in [-0.2, -0.15) is 0 Å². The topological polar surface area (TPSA) is 43.1 Å². The molecule has 3 rings (SSSR count). The number of Topliss-reactive ketones (excluding diaryl/α,β-unsaturated/α-hetero) is 1. The van der Waals surface area contributed by atoms with E-state index >= 15 is 0 Å². The van der Waals surface area contributed by atoms with E-state index in [0.29, 0.717) is 27.6 Å². The highest BCUT2D eigenvalue weighted by molar-refractivity contribution is 7.19. The van der Waals surface area contributed by atoms with Crippen molar-refractivity contribution < 1.29 is 13.7 Å². The first-order chi connectivity index (χ1) is 11.4. The lowest BCUT2D eigenvalue weighted by Gasteiger charge is -2.05. The predicted octanol–water partition coefficient (Wildman–Crippen LogP) is 5.91. The number of hydrogen-bond acceptors (Lipinski definition) is 4. The fourth-order valence-corrected chi connectivity index (χ4v) is 3.42. The first kappa shape index (κ1) is 16.9. The molecule has 0 bridgehead atoms. The number of hydrogen-bond donors (Lipinski definition) is 0. The van der Waals surface area contributed by atoms with Gasteiger partial charge in [0.15, 0.2) is 11.5 Å². The molecule has 3 nitrogen and oxygen atoms in total. The van der Waals surface area contributed by atoms with Crippen molar-refractivity contribution in [3.05, 3.63) is 59.2 Å². The minimum absolute atomic E-state index is 0.00714. The Balaban J connectivity index is 2.01. The van der Waals surface area contributed by atoms with Gasteiger partial charge in [-0.3, -0.25) is 4.79 Å². The fourth-order valence-electron chi connectivity index (χ4n) is 2.35. The van der Waals surface area contributed by atoms with Gasteiger partial charge >= 0.3 is 0 Å². The Kier molecular flexibility index (Phi) is 4.83. The number of aromatic nitrogens is 1. The fraction of sp³-hybridized carbons (Fsp3) is 0.167. The summed E-state index contributed by atoms with van der Waals surface area (Å²) in [5, 5.41) is 3.84. The van der Waals surface area contributed by atoms with Gasteiger partial charge in [-0.05, 0) is 36.2 Å². The summed E-state index contributed by atoms with van der Waals surface area (Å²) in [5.41, 5.74) is 1.55. The second-order valence-corrected chi connectivity index (χ2v) is 7.32. The van der Waals surface area contributed by atoms with E-state index in [9.17, 15) is 9.18 Å². The van der Waals surface area contributed by atoms with Crippen LogP contribution in [-0.4, -0.2) is 10.9 Å². The number of halogens is 2. The lowest BCUT2D eigenvalue weighted by atomic mass is 10.0. The minimum atomic E-state index is -0.361. The van der Waals surface area contributed by atoms with Crippen LogP contribution in [0.1, 0.15) is 23.8 Å². The van der Waals surface area contributed by atoms with Crippen LogP contribution in [0.4, 0.5) is 4.39 Å². The summed E-state index contributed by atoms with van der Waals surface area (Å²) in [6.45, 7) is 5.66. The van der Waals surface area contributed by atoms with Gasteiger partial charge in [0.25, 0.3) is 0 Å². The highest BCUT2D eigenvalue weighted by Gasteiger charge is 2.18. The van der Waals surface area contributed by atoms with Crippen molar-refractivity contribution in [1.29, 1.82) is 0 Å². The summed E-state index contributed by atoms with van der Waals surface area (Å²) in [6.07, 6.45) is 0.294. The molecule has 0 saturated carbocycles. The summed E-state index contributed by atoms with van der Waals surface area (Å²) in [6, 6.07) is 9.52. The van der Waals surface area contributed by atoms with Crippen LogP contribution in [0, 0.1) is 18.7 Å². The molecule has 0 aliphatic heterocycles. The molecule has 0 fully saturated rings. The highest BCUT2D eigenvalue weighted by atomic mass is 35.5. The van der Waals surface area contributed by atoms with E-state index in [-0.39, 0.29) is 23.2 Å². The molecule has 0 aliphatic rings. The van der Waals surface area contributed by atoms with Crippen LogP contribution in [0.15, 0.2) is 40.9 Å². The Hall–Kier alpha value is -1.98. The van der Waals surface area contributed by atoms with E-state index in [1.807, 2.05) is 13.0 Å². The minimum Gasteiger partial charge on any atom is -0.356 e. The summed E-state index contributed by atoms with van der Waals surface area (Å²) < 4.78 is 19.6. The van der Waals surface area contributed by atoms with Gasteiger partial charge in [-0.15, -0.1) is 11.3 Å². The quantitative estimate of drug-likeness (QED) is 0.530. The van der Waals surface area contributed by atoms with Crippen molar-refractivity contribution in [1.82, 2.24) is 5.16 Å². The van der Waals surface area contributed by atoms with Crippen LogP contribution in [-0.2, 0) is 0 Å². The largest absolute Gasteiger partial charge is 0.356 e. The van der Waals surface area contributed by atoms with Gasteiger partial charge in [0, 0.05) is 28.5 Å². The normalized spacial score (nSPS) is 11.2. The number of carbonyl (C=O) groups is 1. The maximum absolute atomic E-state index is 13.7. The van der Waals surface area contributed by atoms with E-state index in [1.165, 1.54) is 23.5 Å². The van der Waals surface area contributed by atoms with Gasteiger partial charge in [0.2, 0.25) is 0 Å². The number of rotatable bonds is 5. The van der Waals surface area contributed by atoms with Crippen molar-refractivity contribution in [3.63, 3.8) is 0 Å². The molecule has 6 heteroatoms. The molecule has 24 heavy (non-hydrogen) atoms. The van der Waals surface area contributed by atoms with Crippen molar-refractivity contribution >= 4 is 28.7 Å². The Morgan fingerprint density at radius 1 is 1.33 bits per heavy atom. The summed E-state index contributed by atoms with van der Waals surface area (Å²) in [4.78, 5) is 12.9. The molecule has 1 atom stereocenters. The van der Waals surface area contributed by atoms with Crippen LogP contribution >= 0.6 is 22.9 Å². The Morgan fingerprint density at radius 3 is 2.79 bits per heavy atom. The third-order valence-corrected chi connectivity index (χ3v) is 4.68. The molecule has 123 valence electrons. The second kappa shape index (κ2) is 6.87. The van der Waals surface area contributed by atoms with Gasteiger partial charge in [-0.25, -0.2) is 4.39 Å². The van der Waals surface area contributed by atoms with Crippen LogP contribution < -0.4 is 0 Å². The number of carbonyl (C=O) groups excluding carboxylic acids is 1. The zero-order valence-electron chi connectivity index (χ0n) is 12.9. The molecular formula is C18H14ClFNO2S. The van der Waals surface area contributed by atoms with Crippen LogP contribution in [0.3, 0.4) is 0 Å². The molecule has 0 aliphatic carbocycles. The maximum atomic E-state index is 13.7. The summed E-state index contributed by atoms with van der Waals surface area (Å²) in [5.74, 6) is -0.0859. The number of ketones is 1. The zero-order chi connectivity index (χ0) is 17.3. The molecule has 0 amide bonds. The highest BCUT2D eigenvalue weighted by Crippen LogP contribution is 2.38. The average molecular weight is 363 g/mol. The predicted molar refractivity (Wildman–Crippen MR) is 93.7 cm³/mol. The number of thiophene rings is 1. The standard InChI is InChI=1S/C18H14ClFNO2S/c1-10(2)7-15(22)14-9-16(23-21-14)12-4-3-11(20)8-13(12)17-5-6-18(19)24-17/h3-6,8-10H,1,7H2,2H3. The third kappa shape index (κ3) is 3.57. The van der Waals surface area contributed by atoms with Crippen molar-refractivity contribution in [2.75, 3.05) is 0 Å². The lowest BCUT2D eigenvalue weighted by Crippen LogP contribution is -2.03. The smallest absolute Gasteiger partial charge is 0.185 e. The molecule has 1 unspecified atom stereocenters. The van der Waals surface area contributed by atoms with Crippen LogP contribution in [0.25, 0.3) is 21.8 Å². The van der Waals surface area contributed by atoms with E-state index < -0.39 is 0 Å². The second-order valence-electron chi connectivity index (χ2n) is 5.60. The van der Waals surface area contributed by atoms with Gasteiger partial charge in [-0.1, -0.05) is 30.6 Å². The van der Waals surface area contributed by atoms with E-state index in [0.717, 1.165) is 4.88 Å². The van der Waals surface area contributed by atoms with Crippen molar-refractivity contribution in [2.24, 2.45) is 5.92 Å². The molecule has 0 N–H and O–H groups in total. The van der Waals surface area contributed by atoms with E-state index in [2.05, 4.69) is 12.1 Å². The van der Waals surface area contributed by atoms with Gasteiger partial charge in [0.05, 0.1) is 4.34 Å². The summed E-state index contributed by atoms with van der Waals surface area (Å²) >= 11 is 7.32. The average Bonchev–Trinajstić information content (AvgIpc) is 3.15. The van der Waals surface area contributed by atoms with Crippen LogP contribution in [0.5, 0.6) is 0 Å².